The van der Waals surface area contributed by atoms with Gasteiger partial charge >= 0.3 is 6.18 Å². The molecule has 2 fully saturated rings. The number of hydrogen-bond donors (Lipinski definition) is 1. The lowest BCUT2D eigenvalue weighted by molar-refractivity contribution is -0.137. The van der Waals surface area contributed by atoms with E-state index in [4.69, 9.17) is 0 Å². The molecule has 0 saturated carbocycles. The normalized spacial score (nSPS) is 28.8. The molecule has 3 rings (SSSR count). The van der Waals surface area contributed by atoms with Crippen molar-refractivity contribution in [2.24, 2.45) is 11.8 Å². The van der Waals surface area contributed by atoms with Crippen molar-refractivity contribution < 1.29 is 13.2 Å². The molecule has 2 aliphatic heterocycles. The van der Waals surface area contributed by atoms with Gasteiger partial charge in [0.05, 0.1) is 5.56 Å². The zero-order valence-corrected chi connectivity index (χ0v) is 11.7. The number of anilines is 1. The van der Waals surface area contributed by atoms with Crippen molar-refractivity contribution in [3.05, 3.63) is 29.8 Å². The lowest BCUT2D eigenvalue weighted by Crippen LogP contribution is -2.45. The molecule has 20 heavy (non-hydrogen) atoms. The van der Waals surface area contributed by atoms with Crippen LogP contribution < -0.4 is 10.2 Å². The fourth-order valence-corrected chi connectivity index (χ4v) is 3.78. The summed E-state index contributed by atoms with van der Waals surface area (Å²) in [6.07, 6.45) is -4.30. The van der Waals surface area contributed by atoms with Crippen LogP contribution in [0.4, 0.5) is 18.9 Å². The van der Waals surface area contributed by atoms with Crippen molar-refractivity contribution in [2.75, 3.05) is 24.5 Å². The average molecular weight is 284 g/mol. The Morgan fingerprint density at radius 2 is 1.90 bits per heavy atom. The summed E-state index contributed by atoms with van der Waals surface area (Å²) in [4.78, 5) is 1.95. The molecule has 2 unspecified atom stereocenters. The summed E-state index contributed by atoms with van der Waals surface area (Å²) >= 11 is 0. The largest absolute Gasteiger partial charge is 0.418 e. The lowest BCUT2D eigenvalue weighted by Gasteiger charge is -2.38. The third-order valence-corrected chi connectivity index (χ3v) is 4.86. The first-order chi connectivity index (χ1) is 9.32. The summed E-state index contributed by atoms with van der Waals surface area (Å²) in [6.45, 7) is 6.59. The molecule has 1 aromatic rings. The van der Waals surface area contributed by atoms with Crippen LogP contribution in [-0.4, -0.2) is 25.2 Å². The van der Waals surface area contributed by atoms with Crippen molar-refractivity contribution in [3.63, 3.8) is 0 Å². The predicted molar refractivity (Wildman–Crippen MR) is 72.7 cm³/mol. The van der Waals surface area contributed by atoms with E-state index in [1.165, 1.54) is 12.1 Å². The van der Waals surface area contributed by atoms with Gasteiger partial charge in [0, 0.05) is 30.9 Å². The topological polar surface area (TPSA) is 15.3 Å². The fraction of sp³-hybridized carbons (Fsp3) is 0.600. The van der Waals surface area contributed by atoms with Gasteiger partial charge in [-0.25, -0.2) is 0 Å². The monoisotopic (exact) mass is 284 g/mol. The first-order valence-electron chi connectivity index (χ1n) is 6.96. The van der Waals surface area contributed by atoms with Crippen molar-refractivity contribution in [2.45, 2.75) is 25.6 Å². The van der Waals surface area contributed by atoms with Crippen LogP contribution in [0.25, 0.3) is 0 Å². The Morgan fingerprint density at radius 3 is 2.55 bits per heavy atom. The average Bonchev–Trinajstić information content (AvgIpc) is 2.91. The van der Waals surface area contributed by atoms with Crippen molar-refractivity contribution in [1.29, 1.82) is 0 Å². The smallest absolute Gasteiger partial charge is 0.365 e. The molecule has 0 aliphatic carbocycles. The van der Waals surface area contributed by atoms with Gasteiger partial charge in [0.1, 0.15) is 0 Å². The molecule has 2 aliphatic rings. The molecule has 0 radical (unpaired) electrons. The molecule has 1 aromatic carbocycles. The highest BCUT2D eigenvalue weighted by atomic mass is 19.4. The first kappa shape index (κ1) is 13.7. The molecular formula is C15H19F3N2. The van der Waals surface area contributed by atoms with Gasteiger partial charge < -0.3 is 10.2 Å². The van der Waals surface area contributed by atoms with Gasteiger partial charge in [-0.05, 0) is 37.8 Å². The standard InChI is InChI=1S/C15H19F3N2/c1-14(2)12-8-19-7-10(12)9-20(14)13-6-4-3-5-11(13)15(16,17)18/h3-6,10,12,19H,7-9H2,1-2H3. The second-order valence-electron chi connectivity index (χ2n) is 6.30. The van der Waals surface area contributed by atoms with E-state index in [0.29, 0.717) is 24.1 Å². The van der Waals surface area contributed by atoms with E-state index in [-0.39, 0.29) is 5.54 Å². The summed E-state index contributed by atoms with van der Waals surface area (Å²) in [5.41, 5.74) is -0.462. The zero-order chi connectivity index (χ0) is 14.5. The molecule has 1 N–H and O–H groups in total. The molecule has 2 heterocycles. The van der Waals surface area contributed by atoms with E-state index in [0.717, 1.165) is 13.1 Å². The van der Waals surface area contributed by atoms with Gasteiger partial charge in [0.15, 0.2) is 0 Å². The summed E-state index contributed by atoms with van der Waals surface area (Å²) in [7, 11) is 0. The van der Waals surface area contributed by atoms with Crippen LogP contribution in [0.5, 0.6) is 0 Å². The second-order valence-corrected chi connectivity index (χ2v) is 6.30. The summed E-state index contributed by atoms with van der Waals surface area (Å²) in [5, 5.41) is 3.35. The van der Waals surface area contributed by atoms with Crippen LogP contribution in [-0.2, 0) is 6.18 Å². The highest BCUT2D eigenvalue weighted by molar-refractivity contribution is 5.58. The molecule has 5 heteroatoms. The van der Waals surface area contributed by atoms with E-state index in [2.05, 4.69) is 19.2 Å². The number of hydrogen-bond acceptors (Lipinski definition) is 2. The van der Waals surface area contributed by atoms with E-state index in [9.17, 15) is 13.2 Å². The Kier molecular flexibility index (Phi) is 3.01. The van der Waals surface area contributed by atoms with E-state index in [1.807, 2.05) is 4.90 Å². The summed E-state index contributed by atoms with van der Waals surface area (Å²) in [5.74, 6) is 0.843. The molecule has 0 aromatic heterocycles. The van der Waals surface area contributed by atoms with E-state index >= 15 is 0 Å². The SMILES string of the molecule is CC1(C)C2CNCC2CN1c1ccccc1C(F)(F)F. The number of benzene rings is 1. The Labute approximate surface area is 117 Å². The van der Waals surface area contributed by atoms with Crippen LogP contribution in [0.3, 0.4) is 0 Å². The number of nitrogens with one attached hydrogen (secondary N) is 1. The minimum atomic E-state index is -4.30. The second kappa shape index (κ2) is 4.38. The molecule has 110 valence electrons. The fourth-order valence-electron chi connectivity index (χ4n) is 3.78. The molecule has 2 atom stereocenters. The first-order valence-corrected chi connectivity index (χ1v) is 6.96. The van der Waals surface area contributed by atoms with Crippen molar-refractivity contribution in [1.82, 2.24) is 5.32 Å². The van der Waals surface area contributed by atoms with E-state index in [1.54, 1.807) is 12.1 Å². The Balaban J connectivity index is 2.02. The third-order valence-electron chi connectivity index (χ3n) is 4.86. The lowest BCUT2D eigenvalue weighted by atomic mass is 9.84. The third kappa shape index (κ3) is 1.99. The highest BCUT2D eigenvalue weighted by Gasteiger charge is 2.51. The maximum absolute atomic E-state index is 13.2. The quantitative estimate of drug-likeness (QED) is 0.852. The number of halogens is 3. The Bertz CT molecular complexity index is 510. The van der Waals surface area contributed by atoms with Crippen molar-refractivity contribution >= 4 is 5.69 Å². The number of fused-ring (bicyclic) bond motifs is 1. The minimum Gasteiger partial charge on any atom is -0.365 e. The van der Waals surface area contributed by atoms with Gasteiger partial charge in [0.2, 0.25) is 0 Å². The molecule has 0 spiro atoms. The maximum Gasteiger partial charge on any atom is 0.418 e. The highest BCUT2D eigenvalue weighted by Crippen LogP contribution is 2.46. The molecule has 2 nitrogen and oxygen atoms in total. The van der Waals surface area contributed by atoms with Crippen LogP contribution in [0, 0.1) is 11.8 Å². The molecular weight excluding hydrogens is 265 g/mol. The predicted octanol–water partition coefficient (Wildman–Crippen LogP) is 3.14. The minimum absolute atomic E-state index is 0.254. The van der Waals surface area contributed by atoms with Gasteiger partial charge in [-0.3, -0.25) is 0 Å². The number of para-hydroxylation sites is 1. The molecule has 0 amide bonds. The Morgan fingerprint density at radius 1 is 1.20 bits per heavy atom. The number of alkyl halides is 3. The maximum atomic E-state index is 13.2. The zero-order valence-electron chi connectivity index (χ0n) is 11.7. The van der Waals surface area contributed by atoms with Crippen molar-refractivity contribution in [3.8, 4) is 0 Å². The van der Waals surface area contributed by atoms with Gasteiger partial charge in [-0.1, -0.05) is 12.1 Å². The van der Waals surface area contributed by atoms with Crippen LogP contribution in [0.2, 0.25) is 0 Å². The van der Waals surface area contributed by atoms with Crippen LogP contribution >= 0.6 is 0 Å². The summed E-state index contributed by atoms with van der Waals surface area (Å²) < 4.78 is 39.6. The van der Waals surface area contributed by atoms with E-state index < -0.39 is 11.7 Å². The van der Waals surface area contributed by atoms with Gasteiger partial charge in [-0.15, -0.1) is 0 Å². The van der Waals surface area contributed by atoms with Gasteiger partial charge in [-0.2, -0.15) is 13.2 Å². The number of rotatable bonds is 1. The number of nitrogens with zero attached hydrogens (tertiary/aromatic N) is 1. The van der Waals surface area contributed by atoms with Gasteiger partial charge in [0.25, 0.3) is 0 Å². The van der Waals surface area contributed by atoms with Crippen LogP contribution in [0.1, 0.15) is 19.4 Å². The Hall–Kier alpha value is -1.23. The van der Waals surface area contributed by atoms with Crippen LogP contribution in [0.15, 0.2) is 24.3 Å². The molecule has 0 bridgehead atoms. The summed E-state index contributed by atoms with van der Waals surface area (Å²) in [6, 6.07) is 5.92. The molecule has 2 saturated heterocycles.